The van der Waals surface area contributed by atoms with Crippen LogP contribution in [0.25, 0.3) is 11.3 Å². The highest BCUT2D eigenvalue weighted by molar-refractivity contribution is 5.76. The van der Waals surface area contributed by atoms with E-state index in [-0.39, 0.29) is 12.2 Å². The highest BCUT2D eigenvalue weighted by Gasteiger charge is 2.24. The van der Waals surface area contributed by atoms with Gasteiger partial charge >= 0.3 is 0 Å². The van der Waals surface area contributed by atoms with E-state index < -0.39 is 0 Å². The van der Waals surface area contributed by atoms with Crippen molar-refractivity contribution in [3.05, 3.63) is 59.2 Å². The Morgan fingerprint density at radius 1 is 1.20 bits per heavy atom. The quantitative estimate of drug-likeness (QED) is 0.834. The van der Waals surface area contributed by atoms with E-state index >= 15 is 0 Å². The zero-order valence-electron chi connectivity index (χ0n) is 14.3. The zero-order valence-corrected chi connectivity index (χ0v) is 14.3. The molecule has 0 fully saturated rings. The van der Waals surface area contributed by atoms with Gasteiger partial charge in [-0.3, -0.25) is 9.55 Å². The van der Waals surface area contributed by atoms with Crippen LogP contribution >= 0.6 is 0 Å². The van der Waals surface area contributed by atoms with Crippen LogP contribution < -0.4 is 4.74 Å². The molecule has 0 atom stereocenters. The van der Waals surface area contributed by atoms with E-state index in [0.29, 0.717) is 5.75 Å². The topological polar surface area (TPSA) is 52.8 Å². The summed E-state index contributed by atoms with van der Waals surface area (Å²) in [4.78, 5) is 4.18. The second-order valence-corrected chi connectivity index (χ2v) is 6.29. The van der Waals surface area contributed by atoms with Crippen LogP contribution in [0.4, 0.5) is 4.39 Å². The zero-order chi connectivity index (χ0) is 17.4. The number of methoxy groups -OCH3 is 1. The molecular formula is C19H19FN4O. The average molecular weight is 338 g/mol. The smallest absolute Gasteiger partial charge is 0.137 e. The first kappa shape index (κ1) is 15.7. The summed E-state index contributed by atoms with van der Waals surface area (Å²) in [7, 11) is 1.60. The molecule has 0 aromatic carbocycles. The molecule has 0 saturated heterocycles. The first-order valence-electron chi connectivity index (χ1n) is 8.33. The number of allylic oxidation sites excluding steroid dienone is 6. The molecule has 0 spiro atoms. The number of rotatable bonds is 2. The number of nitrogens with zero attached hydrogens (tertiary/aromatic N) is 4. The van der Waals surface area contributed by atoms with Crippen molar-refractivity contribution in [1.82, 2.24) is 19.7 Å². The van der Waals surface area contributed by atoms with Crippen molar-refractivity contribution in [3.8, 4) is 5.75 Å². The fourth-order valence-electron chi connectivity index (χ4n) is 3.47. The highest BCUT2D eigenvalue weighted by Crippen LogP contribution is 2.36. The minimum Gasteiger partial charge on any atom is -0.495 e. The Balaban J connectivity index is 1.76. The Hall–Kier alpha value is -2.76. The predicted molar refractivity (Wildman–Crippen MR) is 93.5 cm³/mol. The normalized spacial score (nSPS) is 21.2. The molecule has 6 heteroatoms. The molecule has 2 aromatic heterocycles. The van der Waals surface area contributed by atoms with E-state index in [2.05, 4.69) is 21.3 Å². The summed E-state index contributed by atoms with van der Waals surface area (Å²) in [6.45, 7) is 1.91. The van der Waals surface area contributed by atoms with Crippen LogP contribution in [0, 0.1) is 6.92 Å². The summed E-state index contributed by atoms with van der Waals surface area (Å²) < 4.78 is 22.0. The van der Waals surface area contributed by atoms with Crippen LogP contribution in [0.3, 0.4) is 0 Å². The van der Waals surface area contributed by atoms with Crippen molar-refractivity contribution >= 4 is 11.3 Å². The monoisotopic (exact) mass is 338 g/mol. The van der Waals surface area contributed by atoms with E-state index in [1.54, 1.807) is 25.6 Å². The molecule has 0 radical (unpaired) electrons. The molecule has 3 heterocycles. The highest BCUT2D eigenvalue weighted by atomic mass is 19.1. The molecule has 1 aliphatic carbocycles. The van der Waals surface area contributed by atoms with Crippen molar-refractivity contribution in [2.45, 2.75) is 32.6 Å². The SMILES string of the molecule is COc1cncc(C2=C/CC3=C(C/C(F)=C\2)n2c(C)nnc2CC3)c1. The summed E-state index contributed by atoms with van der Waals surface area (Å²) >= 11 is 0. The van der Waals surface area contributed by atoms with Crippen molar-refractivity contribution in [2.75, 3.05) is 7.11 Å². The van der Waals surface area contributed by atoms with Gasteiger partial charge in [-0.05, 0) is 43.1 Å². The number of halogens is 1. The Morgan fingerprint density at radius 2 is 2.08 bits per heavy atom. The lowest BCUT2D eigenvalue weighted by molar-refractivity contribution is 0.413. The van der Waals surface area contributed by atoms with Gasteiger partial charge in [-0.15, -0.1) is 10.2 Å². The van der Waals surface area contributed by atoms with Crippen molar-refractivity contribution < 1.29 is 9.13 Å². The number of aromatic nitrogens is 4. The van der Waals surface area contributed by atoms with Crippen LogP contribution in [0.15, 0.2) is 42.0 Å². The summed E-state index contributed by atoms with van der Waals surface area (Å²) in [6, 6.07) is 1.88. The van der Waals surface area contributed by atoms with Gasteiger partial charge in [-0.1, -0.05) is 6.08 Å². The molecule has 25 heavy (non-hydrogen) atoms. The first-order valence-corrected chi connectivity index (χ1v) is 8.33. The number of hydrogen-bond acceptors (Lipinski definition) is 4. The third-order valence-electron chi connectivity index (χ3n) is 4.72. The molecular weight excluding hydrogens is 319 g/mol. The molecule has 4 rings (SSSR count). The second kappa shape index (κ2) is 6.27. The maximum atomic E-state index is 14.7. The largest absolute Gasteiger partial charge is 0.495 e. The van der Waals surface area contributed by atoms with Gasteiger partial charge in [0.1, 0.15) is 23.2 Å². The molecule has 0 unspecified atom stereocenters. The predicted octanol–water partition coefficient (Wildman–Crippen LogP) is 3.88. The van der Waals surface area contributed by atoms with E-state index in [1.807, 2.05) is 17.6 Å². The van der Waals surface area contributed by atoms with E-state index in [9.17, 15) is 4.39 Å². The van der Waals surface area contributed by atoms with Crippen molar-refractivity contribution in [2.24, 2.45) is 0 Å². The van der Waals surface area contributed by atoms with Gasteiger partial charge in [-0.2, -0.15) is 0 Å². The van der Waals surface area contributed by atoms with Crippen molar-refractivity contribution in [3.63, 3.8) is 0 Å². The lowest BCUT2D eigenvalue weighted by Crippen LogP contribution is -2.14. The lowest BCUT2D eigenvalue weighted by Gasteiger charge is -2.23. The summed E-state index contributed by atoms with van der Waals surface area (Å²) in [5, 5.41) is 8.36. The fraction of sp³-hybridized carbons (Fsp3) is 0.316. The number of ether oxygens (including phenoxy) is 1. The number of aryl methyl sites for hydroxylation is 2. The third-order valence-corrected chi connectivity index (χ3v) is 4.72. The molecule has 0 bridgehead atoms. The van der Waals surface area contributed by atoms with Crippen LogP contribution in [0.5, 0.6) is 5.75 Å². The molecule has 0 saturated carbocycles. The minimum absolute atomic E-state index is 0.179. The van der Waals surface area contributed by atoms with Gasteiger partial charge < -0.3 is 4.74 Å². The standard InChI is InChI=1S/C19H19FN4O/c1-12-22-23-19-6-5-13-3-4-14(7-16(20)9-18(13)24(12)19)15-8-17(25-2)11-21-10-15/h4,7-8,10-11H,3,5-6,9H2,1-2H3/b14-4+,16-7+. The molecule has 2 aromatic rings. The molecule has 1 aliphatic heterocycles. The molecule has 5 nitrogen and oxygen atoms in total. The average Bonchev–Trinajstić information content (AvgIpc) is 2.99. The molecule has 0 N–H and O–H groups in total. The van der Waals surface area contributed by atoms with Crippen LogP contribution in [-0.2, 0) is 6.42 Å². The third kappa shape index (κ3) is 2.88. The Labute approximate surface area is 145 Å². The maximum absolute atomic E-state index is 14.7. The first-order chi connectivity index (χ1) is 12.2. The molecule has 2 aliphatic rings. The summed E-state index contributed by atoms with van der Waals surface area (Å²) in [5.74, 6) is 2.22. The van der Waals surface area contributed by atoms with Gasteiger partial charge in [0.25, 0.3) is 0 Å². The van der Waals surface area contributed by atoms with Crippen LogP contribution in [0.1, 0.15) is 36.5 Å². The van der Waals surface area contributed by atoms with Gasteiger partial charge in [0.2, 0.25) is 0 Å². The van der Waals surface area contributed by atoms with Crippen LogP contribution in [0.2, 0.25) is 0 Å². The Bertz CT molecular complexity index is 923. The maximum Gasteiger partial charge on any atom is 0.137 e. The van der Waals surface area contributed by atoms with Gasteiger partial charge in [0.15, 0.2) is 0 Å². The fourth-order valence-corrected chi connectivity index (χ4v) is 3.47. The van der Waals surface area contributed by atoms with Gasteiger partial charge in [0.05, 0.1) is 13.3 Å². The number of hydrogen-bond donors (Lipinski definition) is 0. The lowest BCUT2D eigenvalue weighted by atomic mass is 9.93. The number of fused-ring (bicyclic) bond motifs is 2. The van der Waals surface area contributed by atoms with Crippen molar-refractivity contribution in [1.29, 1.82) is 0 Å². The number of pyridine rings is 1. The Morgan fingerprint density at radius 3 is 2.92 bits per heavy atom. The van der Waals surface area contributed by atoms with Crippen LogP contribution in [-0.4, -0.2) is 26.9 Å². The van der Waals surface area contributed by atoms with Gasteiger partial charge in [-0.25, -0.2) is 4.39 Å². The van der Waals surface area contributed by atoms with E-state index in [4.69, 9.17) is 4.74 Å². The van der Waals surface area contributed by atoms with E-state index in [0.717, 1.165) is 47.7 Å². The van der Waals surface area contributed by atoms with E-state index in [1.165, 1.54) is 5.57 Å². The summed E-state index contributed by atoms with van der Waals surface area (Å²) in [5.41, 5.74) is 3.92. The molecule has 128 valence electrons. The second-order valence-electron chi connectivity index (χ2n) is 6.29. The molecule has 0 amide bonds. The van der Waals surface area contributed by atoms with Gasteiger partial charge in [0, 0.05) is 30.3 Å². The summed E-state index contributed by atoms with van der Waals surface area (Å²) in [6.07, 6.45) is 9.81. The minimum atomic E-state index is -0.179. The Kier molecular flexibility index (Phi) is 3.95.